The maximum atomic E-state index is 14.4. The van der Waals surface area contributed by atoms with Gasteiger partial charge in [0.1, 0.15) is 23.9 Å². The molecule has 14 nitrogen and oxygen atoms in total. The molecular weight excluding hydrogens is 738 g/mol. The molecule has 57 heavy (non-hydrogen) atoms. The average molecular weight is 810 g/mol. The zero-order valence-electron chi connectivity index (χ0n) is 35.6. The molecule has 326 valence electrons. The number of carbonyl (C=O) groups excluding carboxylic acids is 3. The van der Waals surface area contributed by atoms with Crippen LogP contribution in [0.5, 0.6) is 0 Å². The van der Waals surface area contributed by atoms with Crippen molar-refractivity contribution >= 4 is 17.7 Å². The Morgan fingerprint density at radius 3 is 2.23 bits per heavy atom. The van der Waals surface area contributed by atoms with Crippen LogP contribution in [0.15, 0.2) is 11.6 Å². The minimum atomic E-state index is -2.46. The molecule has 3 saturated heterocycles. The molecular formula is C43H71NO13. The molecule has 2 unspecified atom stereocenters. The van der Waals surface area contributed by atoms with E-state index in [0.717, 1.165) is 5.57 Å². The molecule has 5 aliphatic rings. The van der Waals surface area contributed by atoms with Gasteiger partial charge in [-0.2, -0.15) is 0 Å². The van der Waals surface area contributed by atoms with Gasteiger partial charge in [-0.3, -0.25) is 9.59 Å². The van der Waals surface area contributed by atoms with Crippen LogP contribution in [0.3, 0.4) is 0 Å². The summed E-state index contributed by atoms with van der Waals surface area (Å²) in [6, 6.07) is -1.07. The lowest BCUT2D eigenvalue weighted by molar-refractivity contribution is -0.302. The minimum absolute atomic E-state index is 0.0642. The van der Waals surface area contributed by atoms with E-state index in [9.17, 15) is 34.8 Å². The van der Waals surface area contributed by atoms with Gasteiger partial charge in [0.2, 0.25) is 5.79 Å². The molecule has 17 atom stereocenters. The van der Waals surface area contributed by atoms with E-state index in [-0.39, 0.29) is 43.6 Å². The summed E-state index contributed by atoms with van der Waals surface area (Å²) in [4.78, 5) is 43.9. The monoisotopic (exact) mass is 809 g/mol. The number of aliphatic hydroxyl groups is 4. The van der Waals surface area contributed by atoms with Crippen LogP contribution >= 0.6 is 0 Å². The molecule has 0 radical (unpaired) electrons. The van der Waals surface area contributed by atoms with Gasteiger partial charge in [0, 0.05) is 52.0 Å². The van der Waals surface area contributed by atoms with Crippen LogP contribution < -0.4 is 0 Å². The van der Waals surface area contributed by atoms with Crippen molar-refractivity contribution in [2.45, 2.75) is 185 Å². The van der Waals surface area contributed by atoms with E-state index in [1.807, 2.05) is 20.8 Å². The number of allylic oxidation sites excluding steroid dienone is 1. The van der Waals surface area contributed by atoms with Gasteiger partial charge in [-0.05, 0) is 89.9 Å². The third-order valence-corrected chi connectivity index (χ3v) is 14.2. The van der Waals surface area contributed by atoms with E-state index in [0.29, 0.717) is 51.4 Å². The van der Waals surface area contributed by atoms with Gasteiger partial charge < -0.3 is 53.7 Å². The summed E-state index contributed by atoms with van der Waals surface area (Å²) < 4.78 is 36.6. The average Bonchev–Trinajstić information content (AvgIpc) is 3.42. The quantitative estimate of drug-likeness (QED) is 0.159. The number of piperidine rings is 1. The molecule has 4 aliphatic heterocycles. The van der Waals surface area contributed by atoms with Crippen LogP contribution in [0, 0.1) is 29.6 Å². The number of rotatable bonds is 8. The Morgan fingerprint density at radius 1 is 0.912 bits per heavy atom. The van der Waals surface area contributed by atoms with Crippen molar-refractivity contribution in [3.63, 3.8) is 0 Å². The highest BCUT2D eigenvalue weighted by molar-refractivity contribution is 6.39. The Morgan fingerprint density at radius 2 is 1.58 bits per heavy atom. The molecule has 1 amide bonds. The first kappa shape index (κ1) is 46.1. The minimum Gasteiger partial charge on any atom is -0.460 e. The number of aliphatic hydroxyl groups excluding tert-OH is 3. The van der Waals surface area contributed by atoms with Gasteiger partial charge in [0.25, 0.3) is 11.7 Å². The topological polar surface area (TPSA) is 191 Å². The number of esters is 1. The van der Waals surface area contributed by atoms with E-state index in [4.69, 9.17) is 28.4 Å². The molecule has 0 aromatic carbocycles. The van der Waals surface area contributed by atoms with Crippen molar-refractivity contribution in [1.29, 1.82) is 0 Å². The number of nitrogens with zero attached hydrogens (tertiary/aromatic N) is 1. The zero-order valence-corrected chi connectivity index (χ0v) is 35.6. The van der Waals surface area contributed by atoms with Crippen molar-refractivity contribution in [2.24, 2.45) is 29.6 Å². The number of cyclic esters (lactones) is 1. The number of hydrogen-bond donors (Lipinski definition) is 4. The number of hydrogen-bond acceptors (Lipinski definition) is 13. The Balaban J connectivity index is 1.48. The van der Waals surface area contributed by atoms with Crippen LogP contribution in [-0.2, 0) is 42.8 Å². The highest BCUT2D eigenvalue weighted by Crippen LogP contribution is 2.45. The van der Waals surface area contributed by atoms with Gasteiger partial charge in [0.05, 0.1) is 42.7 Å². The first-order valence-electron chi connectivity index (χ1n) is 21.4. The molecule has 4 N–H and O–H groups in total. The predicted octanol–water partition coefficient (Wildman–Crippen LogP) is 3.48. The van der Waals surface area contributed by atoms with E-state index in [1.54, 1.807) is 35.2 Å². The van der Waals surface area contributed by atoms with Crippen LogP contribution in [0.4, 0.5) is 0 Å². The maximum Gasteiger partial charge on any atom is 0.329 e. The largest absolute Gasteiger partial charge is 0.460 e. The lowest BCUT2D eigenvalue weighted by Crippen LogP contribution is -2.64. The Bertz CT molecular complexity index is 1430. The van der Waals surface area contributed by atoms with Crippen LogP contribution in [0.2, 0.25) is 0 Å². The summed E-state index contributed by atoms with van der Waals surface area (Å²) in [6.45, 7) is 11.5. The molecule has 1 aliphatic carbocycles. The van der Waals surface area contributed by atoms with Gasteiger partial charge in [-0.25, -0.2) is 4.79 Å². The lowest BCUT2D eigenvalue weighted by atomic mass is 9.74. The smallest absolute Gasteiger partial charge is 0.329 e. The molecule has 14 heteroatoms. The van der Waals surface area contributed by atoms with Gasteiger partial charge in [-0.15, -0.1) is 0 Å². The Hall–Kier alpha value is -2.01. The first-order chi connectivity index (χ1) is 26.9. The van der Waals surface area contributed by atoms with E-state index in [1.165, 1.54) is 4.90 Å². The fraction of sp³-hybridized carbons (Fsp3) is 0.884. The van der Waals surface area contributed by atoms with Crippen LogP contribution in [-0.4, -0.2) is 143 Å². The van der Waals surface area contributed by atoms with Crippen LogP contribution in [0.1, 0.15) is 112 Å². The number of ether oxygens (including phenoxy) is 6. The molecule has 0 spiro atoms. The third-order valence-electron chi connectivity index (χ3n) is 14.2. The second kappa shape index (κ2) is 19.1. The summed E-state index contributed by atoms with van der Waals surface area (Å²) in [5.74, 6) is -6.94. The SMILES string of the molecule is CC[C@@H]1C=C(C)C[C@H](C)C[C@H](OC)[C@H]2O[C@@](O)(C(=O)C(=O)N3CCCC[C@H]3C(=O)O[C@@H]1C[C@@H]1OC(C)(C(O)[C@@H]3CC[C@@H](O)[C@H](OC)C3)[C@@H](O)[C@@H]1C)[C@H](C)C[C@@H]2OC. The molecule has 0 aromatic heterocycles. The fourth-order valence-electron chi connectivity index (χ4n) is 10.5. The number of ketones is 1. The highest BCUT2D eigenvalue weighted by Gasteiger charge is 2.58. The fourth-order valence-corrected chi connectivity index (χ4v) is 10.5. The van der Waals surface area contributed by atoms with E-state index in [2.05, 4.69) is 13.0 Å². The third kappa shape index (κ3) is 9.49. The van der Waals surface area contributed by atoms with Gasteiger partial charge in [0.15, 0.2) is 0 Å². The normalized spacial score (nSPS) is 44.8. The Kier molecular flexibility index (Phi) is 15.5. The molecule has 1 saturated carbocycles. The van der Waals surface area contributed by atoms with Gasteiger partial charge >= 0.3 is 5.97 Å². The van der Waals surface area contributed by atoms with Crippen molar-refractivity contribution in [1.82, 2.24) is 4.90 Å². The van der Waals surface area contributed by atoms with E-state index >= 15 is 0 Å². The van der Waals surface area contributed by atoms with Gasteiger partial charge in [-0.1, -0.05) is 39.3 Å². The highest BCUT2D eigenvalue weighted by atomic mass is 16.7. The molecule has 2 bridgehead atoms. The second-order valence-electron chi connectivity index (χ2n) is 18.1. The number of amides is 1. The van der Waals surface area contributed by atoms with E-state index < -0.39 is 102 Å². The first-order valence-corrected chi connectivity index (χ1v) is 21.4. The number of Topliss-reactive ketones (excluding diaryl/α,β-unsaturated/α-hetero) is 1. The lowest BCUT2D eigenvalue weighted by Gasteiger charge is -2.47. The summed E-state index contributed by atoms with van der Waals surface area (Å²) in [5.41, 5.74) is -0.256. The number of methoxy groups -OCH3 is 3. The standard InChI is InChI=1S/C43H71NO13/c1-10-27-18-23(2)17-24(3)19-34(53-8)36-35(54-9)20-25(4)43(51,57-36)39(48)40(49)44-16-12-11-13-29(44)41(50)55-32(27)22-31-26(5)37(46)42(6,56-31)38(47)28-14-15-30(45)33(21-28)52-7/h18,24-38,45-47,51H,10-17,19-22H2,1-9H3/t24-,25+,26+,27+,28+,29-,30+,31-,32+,33+,34-,35-,36+,37-,38?,42?,43+/m0/s1. The zero-order chi connectivity index (χ0) is 42.0. The van der Waals surface area contributed by atoms with Crippen molar-refractivity contribution in [3.8, 4) is 0 Å². The summed E-state index contributed by atoms with van der Waals surface area (Å²) in [7, 11) is 4.65. The summed E-state index contributed by atoms with van der Waals surface area (Å²) >= 11 is 0. The molecule has 5 rings (SSSR count). The van der Waals surface area contributed by atoms with Crippen LogP contribution in [0.25, 0.3) is 0 Å². The number of fused-ring (bicyclic) bond motifs is 3. The summed E-state index contributed by atoms with van der Waals surface area (Å²) in [6.07, 6.45) is 0.937. The molecule has 4 heterocycles. The Labute approximate surface area is 338 Å². The second-order valence-corrected chi connectivity index (χ2v) is 18.1. The molecule has 0 aromatic rings. The van der Waals surface area contributed by atoms with Crippen molar-refractivity contribution in [2.75, 3.05) is 27.9 Å². The maximum absolute atomic E-state index is 14.4. The number of carbonyl (C=O) groups is 3. The van der Waals surface area contributed by atoms with Crippen molar-refractivity contribution in [3.05, 3.63) is 11.6 Å². The molecule has 4 fully saturated rings. The predicted molar refractivity (Wildman–Crippen MR) is 209 cm³/mol. The van der Waals surface area contributed by atoms with Crippen molar-refractivity contribution < 1.29 is 63.2 Å². The summed E-state index contributed by atoms with van der Waals surface area (Å²) in [5, 5.41) is 45.8.